The van der Waals surface area contributed by atoms with Crippen molar-refractivity contribution in [2.24, 2.45) is 0 Å². The van der Waals surface area contributed by atoms with E-state index in [0.717, 1.165) is 37.2 Å². The maximum atomic E-state index is 13.2. The fraction of sp³-hybridized carbons (Fsp3) is 0.478. The van der Waals surface area contributed by atoms with Crippen LogP contribution < -0.4 is 10.2 Å². The smallest absolute Gasteiger partial charge is 0.243 e. The second kappa shape index (κ2) is 11.3. The van der Waals surface area contributed by atoms with E-state index in [1.54, 1.807) is 24.5 Å². The van der Waals surface area contributed by atoms with Crippen molar-refractivity contribution in [1.29, 1.82) is 0 Å². The number of aromatic nitrogens is 1. The number of nitrogens with one attached hydrogen (secondary N) is 1. The van der Waals surface area contributed by atoms with Gasteiger partial charge < -0.3 is 15.0 Å². The molecule has 0 radical (unpaired) electrons. The monoisotopic (exact) mass is 490 g/mol. The molecule has 2 aromatic rings. The van der Waals surface area contributed by atoms with Crippen LogP contribution in [-0.2, 0) is 25.3 Å². The molecule has 10 heteroatoms. The number of hydrogen-bond donors (Lipinski definition) is 1. The fourth-order valence-corrected chi connectivity index (χ4v) is 6.25. The summed E-state index contributed by atoms with van der Waals surface area (Å²) in [7, 11) is -3.65. The van der Waals surface area contributed by atoms with Crippen LogP contribution in [0.2, 0.25) is 0 Å². The Labute approximate surface area is 199 Å². The molecule has 0 aliphatic carbocycles. The van der Waals surface area contributed by atoms with E-state index in [-0.39, 0.29) is 16.6 Å². The number of ether oxygens (including phenoxy) is 1. The van der Waals surface area contributed by atoms with Crippen molar-refractivity contribution in [2.75, 3.05) is 55.4 Å². The summed E-state index contributed by atoms with van der Waals surface area (Å²) in [5.74, 6) is 0.809. The summed E-state index contributed by atoms with van der Waals surface area (Å²) >= 11 is 1.50. The standard InChI is InChI=1S/C23H30N4O4S2/c28-23(18-32-17-19-5-4-8-24-16-19)25-21-15-20(33(29,30)27-11-13-31-14-12-27)6-7-22(21)26-9-2-1-3-10-26/h4-8,15-16H,1-3,9-14,17-18H2,(H,25,28). The molecule has 1 N–H and O–H groups in total. The van der Waals surface area contributed by atoms with Gasteiger partial charge in [0.25, 0.3) is 0 Å². The minimum atomic E-state index is -3.65. The lowest BCUT2D eigenvalue weighted by molar-refractivity contribution is -0.113. The van der Waals surface area contributed by atoms with E-state index in [9.17, 15) is 13.2 Å². The van der Waals surface area contributed by atoms with E-state index in [4.69, 9.17) is 4.74 Å². The van der Waals surface area contributed by atoms with Crippen molar-refractivity contribution in [2.45, 2.75) is 29.9 Å². The van der Waals surface area contributed by atoms with Crippen molar-refractivity contribution < 1.29 is 17.9 Å². The van der Waals surface area contributed by atoms with Gasteiger partial charge in [0, 0.05) is 44.3 Å². The highest BCUT2D eigenvalue weighted by Crippen LogP contribution is 2.32. The summed E-state index contributed by atoms with van der Waals surface area (Å²) in [5, 5.41) is 2.98. The normalized spacial score (nSPS) is 17.6. The van der Waals surface area contributed by atoms with Crippen LogP contribution in [0.4, 0.5) is 11.4 Å². The molecule has 0 saturated carbocycles. The lowest BCUT2D eigenvalue weighted by atomic mass is 10.1. The first kappa shape index (κ1) is 24.0. The minimum absolute atomic E-state index is 0.150. The molecule has 0 atom stereocenters. The number of piperidine rings is 1. The molecule has 1 aromatic carbocycles. The molecule has 0 spiro atoms. The van der Waals surface area contributed by atoms with Crippen LogP contribution >= 0.6 is 11.8 Å². The highest BCUT2D eigenvalue weighted by Gasteiger charge is 2.28. The molecular weight excluding hydrogens is 460 g/mol. The zero-order valence-corrected chi connectivity index (χ0v) is 20.2. The van der Waals surface area contributed by atoms with Crippen LogP contribution in [0.5, 0.6) is 0 Å². The number of carbonyl (C=O) groups is 1. The number of pyridine rings is 1. The molecule has 8 nitrogen and oxygen atoms in total. The number of sulfonamides is 1. The van der Waals surface area contributed by atoms with Crippen molar-refractivity contribution in [1.82, 2.24) is 9.29 Å². The van der Waals surface area contributed by atoms with Crippen LogP contribution in [0.15, 0.2) is 47.6 Å². The van der Waals surface area contributed by atoms with E-state index in [1.165, 1.54) is 22.5 Å². The summed E-state index contributed by atoms with van der Waals surface area (Å²) in [6.45, 7) is 3.25. The van der Waals surface area contributed by atoms with Gasteiger partial charge >= 0.3 is 0 Å². The third kappa shape index (κ3) is 6.26. The van der Waals surface area contributed by atoms with Gasteiger partial charge in [0.05, 0.1) is 35.2 Å². The Bertz CT molecular complexity index is 1040. The van der Waals surface area contributed by atoms with Crippen molar-refractivity contribution in [3.8, 4) is 0 Å². The average molecular weight is 491 g/mol. The minimum Gasteiger partial charge on any atom is -0.379 e. The lowest BCUT2D eigenvalue weighted by Gasteiger charge is -2.31. The Kier molecular flexibility index (Phi) is 8.24. The Morgan fingerprint density at radius 3 is 2.61 bits per heavy atom. The zero-order valence-electron chi connectivity index (χ0n) is 18.6. The Morgan fingerprint density at radius 2 is 1.88 bits per heavy atom. The number of anilines is 2. The van der Waals surface area contributed by atoms with Gasteiger partial charge in [-0.15, -0.1) is 11.8 Å². The summed E-state index contributed by atoms with van der Waals surface area (Å²) in [6, 6.07) is 8.95. The summed E-state index contributed by atoms with van der Waals surface area (Å²) < 4.78 is 33.1. The van der Waals surface area contributed by atoms with E-state index in [2.05, 4.69) is 15.2 Å². The number of carbonyl (C=O) groups excluding carboxylic acids is 1. The molecule has 3 heterocycles. The fourth-order valence-electron chi connectivity index (χ4n) is 4.05. The van der Waals surface area contributed by atoms with Gasteiger partial charge in [-0.25, -0.2) is 8.42 Å². The summed E-state index contributed by atoms with van der Waals surface area (Å²) in [6.07, 6.45) is 6.87. The molecule has 33 heavy (non-hydrogen) atoms. The van der Waals surface area contributed by atoms with Gasteiger partial charge in [0.1, 0.15) is 0 Å². The SMILES string of the molecule is O=C(CSCc1cccnc1)Nc1cc(S(=O)(=O)N2CCOCC2)ccc1N1CCCCC1. The number of nitrogens with zero attached hydrogens (tertiary/aromatic N) is 3. The highest BCUT2D eigenvalue weighted by molar-refractivity contribution is 7.99. The number of rotatable bonds is 8. The third-order valence-corrected chi connectivity index (χ3v) is 8.67. The molecule has 2 aliphatic heterocycles. The maximum absolute atomic E-state index is 13.2. The molecule has 0 unspecified atom stereocenters. The molecule has 178 valence electrons. The highest BCUT2D eigenvalue weighted by atomic mass is 32.2. The van der Waals surface area contributed by atoms with Gasteiger partial charge in [-0.05, 0) is 49.1 Å². The zero-order chi connectivity index (χ0) is 23.1. The largest absolute Gasteiger partial charge is 0.379 e. The molecular formula is C23H30N4O4S2. The van der Waals surface area contributed by atoms with Crippen molar-refractivity contribution in [3.63, 3.8) is 0 Å². The van der Waals surface area contributed by atoms with Gasteiger partial charge in [0.2, 0.25) is 15.9 Å². The molecule has 2 aliphatic rings. The van der Waals surface area contributed by atoms with E-state index in [1.807, 2.05) is 18.2 Å². The topological polar surface area (TPSA) is 91.8 Å². The molecule has 4 rings (SSSR count). The van der Waals surface area contributed by atoms with Gasteiger partial charge in [0.15, 0.2) is 0 Å². The van der Waals surface area contributed by atoms with Crippen LogP contribution in [-0.4, -0.2) is 68.8 Å². The van der Waals surface area contributed by atoms with Crippen molar-refractivity contribution >= 4 is 39.1 Å². The van der Waals surface area contributed by atoms with Crippen LogP contribution in [0.1, 0.15) is 24.8 Å². The molecule has 1 aromatic heterocycles. The van der Waals surface area contributed by atoms with Crippen LogP contribution in [0.3, 0.4) is 0 Å². The van der Waals surface area contributed by atoms with Gasteiger partial charge in [-0.1, -0.05) is 6.07 Å². The number of hydrogen-bond acceptors (Lipinski definition) is 7. The third-order valence-electron chi connectivity index (χ3n) is 5.77. The predicted molar refractivity (Wildman–Crippen MR) is 131 cm³/mol. The molecule has 0 bridgehead atoms. The first-order valence-corrected chi connectivity index (χ1v) is 13.9. The van der Waals surface area contributed by atoms with Gasteiger partial charge in [-0.2, -0.15) is 4.31 Å². The van der Waals surface area contributed by atoms with Crippen LogP contribution in [0.25, 0.3) is 0 Å². The van der Waals surface area contributed by atoms with Gasteiger partial charge in [-0.3, -0.25) is 9.78 Å². The second-order valence-electron chi connectivity index (χ2n) is 8.15. The quantitative estimate of drug-likeness (QED) is 0.608. The summed E-state index contributed by atoms with van der Waals surface area (Å²) in [5.41, 5.74) is 2.49. The first-order valence-electron chi connectivity index (χ1n) is 11.3. The first-order chi connectivity index (χ1) is 16.0. The molecule has 2 saturated heterocycles. The number of morpholine rings is 1. The van der Waals surface area contributed by atoms with Crippen molar-refractivity contribution in [3.05, 3.63) is 48.3 Å². The maximum Gasteiger partial charge on any atom is 0.243 e. The lowest BCUT2D eigenvalue weighted by Crippen LogP contribution is -2.40. The van der Waals surface area contributed by atoms with Crippen LogP contribution in [0, 0.1) is 0 Å². The summed E-state index contributed by atoms with van der Waals surface area (Å²) in [4.78, 5) is 19.3. The number of amides is 1. The average Bonchev–Trinajstić information content (AvgIpc) is 2.86. The number of thioether (sulfide) groups is 1. The Morgan fingerprint density at radius 1 is 1.09 bits per heavy atom. The number of benzene rings is 1. The Hall–Kier alpha value is -2.14. The predicted octanol–water partition coefficient (Wildman–Crippen LogP) is 2.96. The molecule has 2 fully saturated rings. The van der Waals surface area contributed by atoms with E-state index >= 15 is 0 Å². The Balaban J connectivity index is 1.51. The molecule has 1 amide bonds. The van der Waals surface area contributed by atoms with E-state index < -0.39 is 10.0 Å². The van der Waals surface area contributed by atoms with E-state index in [0.29, 0.717) is 37.7 Å². The second-order valence-corrected chi connectivity index (χ2v) is 11.1.